The second kappa shape index (κ2) is 8.03. The zero-order valence-electron chi connectivity index (χ0n) is 15.0. The van der Waals surface area contributed by atoms with E-state index < -0.39 is 4.92 Å². The van der Waals surface area contributed by atoms with Gasteiger partial charge in [0.05, 0.1) is 18.1 Å². The van der Waals surface area contributed by atoms with Crippen LogP contribution in [0.4, 0.5) is 11.5 Å². The van der Waals surface area contributed by atoms with Gasteiger partial charge in [-0.25, -0.2) is 4.98 Å². The minimum Gasteiger partial charge on any atom is -0.497 e. The molecule has 0 spiro atoms. The maximum atomic E-state index is 10.9. The molecule has 1 aliphatic rings. The molecular formula is C19H23N3O4. The first-order valence-electron chi connectivity index (χ1n) is 8.75. The first-order valence-corrected chi connectivity index (χ1v) is 8.75. The van der Waals surface area contributed by atoms with Gasteiger partial charge in [0.2, 0.25) is 0 Å². The van der Waals surface area contributed by atoms with Crippen LogP contribution in [0.1, 0.15) is 36.8 Å². The van der Waals surface area contributed by atoms with Gasteiger partial charge in [0.25, 0.3) is 5.69 Å². The fourth-order valence-electron chi connectivity index (χ4n) is 3.13. The largest absolute Gasteiger partial charge is 0.497 e. The van der Waals surface area contributed by atoms with Crippen LogP contribution in [0.2, 0.25) is 0 Å². The average Bonchev–Trinajstić information content (AvgIpc) is 3.13. The Hall–Kier alpha value is -2.83. The molecule has 1 aliphatic carbocycles. The molecule has 1 aromatic carbocycles. The zero-order valence-corrected chi connectivity index (χ0v) is 15.0. The molecule has 3 rings (SSSR count). The van der Waals surface area contributed by atoms with Crippen molar-refractivity contribution in [2.75, 3.05) is 12.4 Å². The molecule has 1 fully saturated rings. The summed E-state index contributed by atoms with van der Waals surface area (Å²) in [6.45, 7) is 2.21. The molecule has 0 amide bonds. The van der Waals surface area contributed by atoms with Crippen LogP contribution in [0.3, 0.4) is 0 Å². The van der Waals surface area contributed by atoms with E-state index in [0.717, 1.165) is 29.9 Å². The number of methoxy groups -OCH3 is 1. The first kappa shape index (κ1) is 18.0. The molecule has 0 bridgehead atoms. The molecular weight excluding hydrogens is 334 g/mol. The lowest BCUT2D eigenvalue weighted by Crippen LogP contribution is -2.13. The SMILES string of the molecule is COc1ccc(CNc2cc(C)c([N+](=O)[O-])cn2)c(OC2CCCC2)c1. The topological polar surface area (TPSA) is 86.5 Å². The summed E-state index contributed by atoms with van der Waals surface area (Å²) in [4.78, 5) is 14.6. The Morgan fingerprint density at radius 1 is 1.31 bits per heavy atom. The third-order valence-electron chi connectivity index (χ3n) is 4.61. The van der Waals surface area contributed by atoms with Gasteiger partial charge in [-0.1, -0.05) is 0 Å². The molecule has 0 unspecified atom stereocenters. The van der Waals surface area contributed by atoms with Gasteiger partial charge in [-0.15, -0.1) is 0 Å². The predicted octanol–water partition coefficient (Wildman–Crippen LogP) is 4.24. The summed E-state index contributed by atoms with van der Waals surface area (Å²) in [6.07, 6.45) is 6.09. The third kappa shape index (κ3) is 4.22. The number of anilines is 1. The van der Waals surface area contributed by atoms with Crippen molar-refractivity contribution >= 4 is 11.5 Å². The summed E-state index contributed by atoms with van der Waals surface area (Å²) in [5.41, 5.74) is 1.59. The predicted molar refractivity (Wildman–Crippen MR) is 98.8 cm³/mol. The molecule has 7 heteroatoms. The number of ether oxygens (including phenoxy) is 2. The number of aryl methyl sites for hydroxylation is 1. The number of hydrogen-bond donors (Lipinski definition) is 1. The summed E-state index contributed by atoms with van der Waals surface area (Å²) in [5.74, 6) is 2.16. The third-order valence-corrected chi connectivity index (χ3v) is 4.61. The first-order chi connectivity index (χ1) is 12.6. The van der Waals surface area contributed by atoms with Crippen molar-refractivity contribution in [2.24, 2.45) is 0 Å². The Kier molecular flexibility index (Phi) is 5.55. The summed E-state index contributed by atoms with van der Waals surface area (Å²) in [6, 6.07) is 7.45. The lowest BCUT2D eigenvalue weighted by atomic mass is 10.1. The number of nitrogens with zero attached hydrogens (tertiary/aromatic N) is 2. The minimum absolute atomic E-state index is 0.0188. The van der Waals surface area contributed by atoms with Crippen LogP contribution in [-0.4, -0.2) is 23.1 Å². The van der Waals surface area contributed by atoms with E-state index in [1.807, 2.05) is 18.2 Å². The number of hydrogen-bond acceptors (Lipinski definition) is 6. The molecule has 0 aliphatic heterocycles. The van der Waals surface area contributed by atoms with E-state index in [4.69, 9.17) is 9.47 Å². The van der Waals surface area contributed by atoms with Crippen LogP contribution in [0.15, 0.2) is 30.5 Å². The Labute approximate surface area is 152 Å². The minimum atomic E-state index is -0.427. The second-order valence-corrected chi connectivity index (χ2v) is 6.46. The van der Waals surface area contributed by atoms with Crippen LogP contribution < -0.4 is 14.8 Å². The van der Waals surface area contributed by atoms with Crippen molar-refractivity contribution in [2.45, 2.75) is 45.3 Å². The van der Waals surface area contributed by atoms with Crippen molar-refractivity contribution in [3.05, 3.63) is 51.7 Å². The van der Waals surface area contributed by atoms with Crippen LogP contribution in [0.5, 0.6) is 11.5 Å². The number of pyridine rings is 1. The second-order valence-electron chi connectivity index (χ2n) is 6.46. The highest BCUT2D eigenvalue weighted by atomic mass is 16.6. The highest BCUT2D eigenvalue weighted by molar-refractivity contribution is 5.48. The van der Waals surface area contributed by atoms with E-state index in [0.29, 0.717) is 17.9 Å². The van der Waals surface area contributed by atoms with Crippen molar-refractivity contribution < 1.29 is 14.4 Å². The quantitative estimate of drug-likeness (QED) is 0.589. The Morgan fingerprint density at radius 3 is 2.73 bits per heavy atom. The molecule has 0 atom stereocenters. The maximum absolute atomic E-state index is 10.9. The number of aromatic nitrogens is 1. The molecule has 1 aromatic heterocycles. The fourth-order valence-corrected chi connectivity index (χ4v) is 3.13. The van der Waals surface area contributed by atoms with Crippen molar-refractivity contribution in [3.63, 3.8) is 0 Å². The maximum Gasteiger partial charge on any atom is 0.290 e. The molecule has 0 radical (unpaired) electrons. The molecule has 138 valence electrons. The summed E-state index contributed by atoms with van der Waals surface area (Å²) >= 11 is 0. The van der Waals surface area contributed by atoms with Crippen LogP contribution in [0, 0.1) is 17.0 Å². The summed E-state index contributed by atoms with van der Waals surface area (Å²) in [5, 5.41) is 14.1. The van der Waals surface area contributed by atoms with Crippen LogP contribution in [-0.2, 0) is 6.54 Å². The lowest BCUT2D eigenvalue weighted by molar-refractivity contribution is -0.385. The standard InChI is InChI=1S/C19H23N3O4/c1-13-9-19(21-12-17(13)22(23)24)20-11-14-7-8-16(25-2)10-18(14)26-15-5-3-4-6-15/h7-10,12,15H,3-6,11H2,1-2H3,(H,20,21). The Morgan fingerprint density at radius 2 is 2.08 bits per heavy atom. The summed E-state index contributed by atoms with van der Waals surface area (Å²) < 4.78 is 11.5. The molecule has 1 saturated carbocycles. The van der Waals surface area contributed by atoms with Gasteiger partial charge in [0, 0.05) is 23.7 Å². The number of nitrogens with one attached hydrogen (secondary N) is 1. The van der Waals surface area contributed by atoms with E-state index in [2.05, 4.69) is 10.3 Å². The molecule has 1 N–H and O–H groups in total. The lowest BCUT2D eigenvalue weighted by Gasteiger charge is -2.18. The Bertz CT molecular complexity index is 788. The summed E-state index contributed by atoms with van der Waals surface area (Å²) in [7, 11) is 1.64. The molecule has 7 nitrogen and oxygen atoms in total. The van der Waals surface area contributed by atoms with Gasteiger partial charge in [-0.05, 0) is 50.8 Å². The zero-order chi connectivity index (χ0) is 18.5. The molecule has 2 aromatic rings. The van der Waals surface area contributed by atoms with Gasteiger partial charge in [0.15, 0.2) is 0 Å². The van der Waals surface area contributed by atoms with Gasteiger partial charge in [-0.3, -0.25) is 10.1 Å². The average molecular weight is 357 g/mol. The van der Waals surface area contributed by atoms with Crippen LogP contribution >= 0.6 is 0 Å². The van der Waals surface area contributed by atoms with E-state index >= 15 is 0 Å². The normalized spacial score (nSPS) is 14.2. The fraction of sp³-hybridized carbons (Fsp3) is 0.421. The van der Waals surface area contributed by atoms with Crippen molar-refractivity contribution in [3.8, 4) is 11.5 Å². The van der Waals surface area contributed by atoms with Crippen molar-refractivity contribution in [1.29, 1.82) is 0 Å². The van der Waals surface area contributed by atoms with Crippen molar-refractivity contribution in [1.82, 2.24) is 4.98 Å². The van der Waals surface area contributed by atoms with Gasteiger partial charge >= 0.3 is 0 Å². The highest BCUT2D eigenvalue weighted by Crippen LogP contribution is 2.30. The van der Waals surface area contributed by atoms with Gasteiger partial charge in [-0.2, -0.15) is 0 Å². The number of benzene rings is 1. The number of rotatable bonds is 7. The number of nitro groups is 1. The van der Waals surface area contributed by atoms with Crippen LogP contribution in [0.25, 0.3) is 0 Å². The van der Waals surface area contributed by atoms with Gasteiger partial charge in [0.1, 0.15) is 23.5 Å². The smallest absolute Gasteiger partial charge is 0.290 e. The van der Waals surface area contributed by atoms with E-state index in [1.54, 1.807) is 20.1 Å². The van der Waals surface area contributed by atoms with Gasteiger partial charge < -0.3 is 14.8 Å². The highest BCUT2D eigenvalue weighted by Gasteiger charge is 2.18. The van der Waals surface area contributed by atoms with E-state index in [-0.39, 0.29) is 11.8 Å². The monoisotopic (exact) mass is 357 g/mol. The molecule has 1 heterocycles. The Balaban J connectivity index is 1.74. The van der Waals surface area contributed by atoms with E-state index in [9.17, 15) is 10.1 Å². The molecule has 26 heavy (non-hydrogen) atoms. The van der Waals surface area contributed by atoms with E-state index in [1.165, 1.54) is 19.0 Å². The molecule has 0 saturated heterocycles.